The fourth-order valence-corrected chi connectivity index (χ4v) is 16.0. The van der Waals surface area contributed by atoms with Gasteiger partial charge < -0.3 is 58.7 Å². The van der Waals surface area contributed by atoms with E-state index in [1.807, 2.05) is 0 Å². The number of carbonyl (C=O) groups excluding carboxylic acids is 4. The van der Waals surface area contributed by atoms with E-state index in [9.17, 15) is 82.1 Å². The number of amides is 8. The molecular weight excluding hydrogens is 1860 g/mol. The molecule has 12 aromatic carbocycles. The monoisotopic (exact) mass is 1940 g/mol. The number of carbonyl (C=O) groups is 4. The van der Waals surface area contributed by atoms with Crippen molar-refractivity contribution in [1.29, 1.82) is 0 Å². The second-order valence-corrected chi connectivity index (χ2v) is 33.0. The maximum Gasteiger partial charge on any atom is 0.416 e. The number of hydrogen-bond acceptors (Lipinski definition) is 12. The minimum absolute atomic E-state index is 0.0859. The third-order valence-corrected chi connectivity index (χ3v) is 23.1. The van der Waals surface area contributed by atoms with Crippen LogP contribution in [0.4, 0.5) is 94.6 Å². The van der Waals surface area contributed by atoms with Crippen molar-refractivity contribution in [3.8, 4) is 46.0 Å². The van der Waals surface area contributed by atoms with Crippen molar-refractivity contribution in [3.05, 3.63) is 356 Å². The number of nitrogens with zero attached hydrogens (tertiary/aromatic N) is 7. The topological polar surface area (TPSA) is 199 Å². The van der Waals surface area contributed by atoms with Crippen molar-refractivity contribution in [2.45, 2.75) is 74.4 Å². The van der Waals surface area contributed by atoms with Gasteiger partial charge in [-0.15, -0.1) is 0 Å². The van der Waals surface area contributed by atoms with Crippen LogP contribution in [0.25, 0.3) is 0 Å². The van der Waals surface area contributed by atoms with Crippen molar-refractivity contribution in [3.63, 3.8) is 0 Å². The van der Waals surface area contributed by atoms with Gasteiger partial charge in [-0.2, -0.15) is 52.7 Å². The summed E-state index contributed by atoms with van der Waals surface area (Å²) in [7, 11) is 0. The summed E-state index contributed by atoms with van der Waals surface area (Å²) in [5.41, 5.74) is 0.586. The lowest BCUT2D eigenvalue weighted by Crippen LogP contribution is -2.35. The summed E-state index contributed by atoms with van der Waals surface area (Å²) in [6.45, 7) is 1.64. The number of hydrogen-bond donors (Lipinski definition) is 3. The number of aliphatic hydroxyl groups excluding tert-OH is 2. The molecule has 36 heteroatoms. The van der Waals surface area contributed by atoms with Crippen LogP contribution in [-0.2, 0) is 34.2 Å². The number of rotatable bonds is 24. The molecule has 5 saturated heterocycles. The number of anilines is 4. The second kappa shape index (κ2) is 43.6. The van der Waals surface area contributed by atoms with Gasteiger partial charge in [-0.1, -0.05) is 94.9 Å². The van der Waals surface area contributed by atoms with Gasteiger partial charge in [0.25, 0.3) is 0 Å². The molecule has 3 N–H and O–H groups in total. The summed E-state index contributed by atoms with van der Waals surface area (Å²) in [5, 5.41) is 23.7. The Morgan fingerprint density at radius 2 is 0.593 bits per heavy atom. The van der Waals surface area contributed by atoms with Crippen LogP contribution in [0.15, 0.2) is 291 Å². The fourth-order valence-electron chi connectivity index (χ4n) is 15.5. The van der Waals surface area contributed by atoms with Gasteiger partial charge in [0.05, 0.1) is 66.2 Å². The van der Waals surface area contributed by atoms with E-state index in [2.05, 4.69) is 5.32 Å². The van der Waals surface area contributed by atoms with Crippen LogP contribution in [-0.4, -0.2) is 128 Å². The molecule has 5 heterocycles. The van der Waals surface area contributed by atoms with Gasteiger partial charge in [-0.25, -0.2) is 19.2 Å². The molecule has 5 unspecified atom stereocenters. The van der Waals surface area contributed by atoms with Crippen molar-refractivity contribution in [2.75, 3.05) is 91.8 Å². The zero-order valence-corrected chi connectivity index (χ0v) is 74.2. The Kier molecular flexibility index (Phi) is 31.7. The van der Waals surface area contributed by atoms with Crippen LogP contribution in [0.1, 0.15) is 87.9 Å². The Hall–Kier alpha value is -12.9. The van der Waals surface area contributed by atoms with Gasteiger partial charge in [-0.3, -0.25) is 19.6 Å². The first-order valence-electron chi connectivity index (χ1n) is 42.2. The Balaban J connectivity index is 0.000000145. The van der Waals surface area contributed by atoms with Crippen LogP contribution in [0.5, 0.6) is 46.0 Å². The molecule has 704 valence electrons. The standard InChI is InChI=1S/C29H28ClF3N2O4.2C24H20ClF3N2O3.C22H16ClF3N2O2/c30-22-7-11-24(12-8-22)39-25-13-9-23(10-14-25)35-26(20-4-3-5-21(18-20)29(31,32)33)19-34(28(35)36)15-17-38-27-6-1-2-16-37-27;2*25-18-4-8-20(9-5-18)33-21-10-6-19(7-11-21)30-22(15-29(12-13-31)23(30)32)16-2-1-3-17(14-16)24(26,27)28;23-16-4-8-18(9-5-16)30-19-10-6-17(7-11-19)28-20(13-27-21(28)29)14-2-1-3-15(12-14)22(24,25)26/h3-5,7-14,18,26-27H,1-2,6,15-17,19H2;2*1-11,14,22,31H,12-13,15H2;1-12,20H,13H2,(H,27,29). The zero-order valence-electron chi connectivity index (χ0n) is 71.2. The van der Waals surface area contributed by atoms with E-state index in [0.717, 1.165) is 67.8 Å². The molecule has 0 aromatic heterocycles. The summed E-state index contributed by atoms with van der Waals surface area (Å²) < 4.78 is 194. The van der Waals surface area contributed by atoms with Gasteiger partial charge in [0.2, 0.25) is 0 Å². The van der Waals surface area contributed by atoms with E-state index in [-0.39, 0.29) is 77.4 Å². The quantitative estimate of drug-likeness (QED) is 0.0485. The average molecular weight is 1950 g/mol. The van der Waals surface area contributed by atoms with Gasteiger partial charge in [-0.05, 0) is 284 Å². The lowest BCUT2D eigenvalue weighted by Gasteiger charge is -2.25. The first kappa shape index (κ1) is 98.1. The first-order valence-corrected chi connectivity index (χ1v) is 43.7. The molecule has 0 radical (unpaired) electrons. The molecule has 135 heavy (non-hydrogen) atoms. The molecule has 0 saturated carbocycles. The zero-order chi connectivity index (χ0) is 95.9. The highest BCUT2D eigenvalue weighted by Gasteiger charge is 2.45. The fraction of sp³-hybridized carbons (Fsp3) is 0.232. The molecule has 20 nitrogen and oxygen atoms in total. The Morgan fingerprint density at radius 3 is 0.852 bits per heavy atom. The average Bonchev–Trinajstić information content (AvgIpc) is 1.64. The van der Waals surface area contributed by atoms with Crippen LogP contribution in [0, 0.1) is 0 Å². The van der Waals surface area contributed by atoms with Gasteiger partial charge in [0.15, 0.2) is 6.29 Å². The minimum atomic E-state index is -4.49. The largest absolute Gasteiger partial charge is 0.457 e. The van der Waals surface area contributed by atoms with Crippen LogP contribution >= 0.6 is 46.4 Å². The summed E-state index contributed by atoms with van der Waals surface area (Å²) in [4.78, 5) is 62.3. The summed E-state index contributed by atoms with van der Waals surface area (Å²) in [6, 6.07) is 70.7. The number of ether oxygens (including phenoxy) is 6. The summed E-state index contributed by atoms with van der Waals surface area (Å²) in [6.07, 6.45) is -15.4. The molecule has 5 atom stereocenters. The van der Waals surface area contributed by atoms with E-state index in [0.29, 0.717) is 124 Å². The van der Waals surface area contributed by atoms with Crippen LogP contribution < -0.4 is 43.9 Å². The first-order chi connectivity index (χ1) is 64.6. The second-order valence-electron chi connectivity index (χ2n) is 31.2. The van der Waals surface area contributed by atoms with Crippen molar-refractivity contribution < 1.29 is 110 Å². The van der Waals surface area contributed by atoms with Gasteiger partial charge >= 0.3 is 48.8 Å². The third-order valence-electron chi connectivity index (χ3n) is 22.1. The number of urea groups is 4. The lowest BCUT2D eigenvalue weighted by atomic mass is 10.0. The Bertz CT molecular complexity index is 5840. The number of aliphatic hydroxyl groups is 2. The molecule has 5 aliphatic rings. The van der Waals surface area contributed by atoms with Gasteiger partial charge in [0.1, 0.15) is 46.0 Å². The molecule has 0 spiro atoms. The van der Waals surface area contributed by atoms with Crippen molar-refractivity contribution in [1.82, 2.24) is 20.0 Å². The van der Waals surface area contributed by atoms with E-state index >= 15 is 0 Å². The molecule has 5 aliphatic heterocycles. The maximum absolute atomic E-state index is 13.6. The Labute approximate surface area is 787 Å². The molecular formula is C99H84Cl4F12N8O12. The number of β-amino-alcohol motifs (C(OH)–C–C–N with tert-alkyl or cyclic N) is 2. The summed E-state index contributed by atoms with van der Waals surface area (Å²) in [5.74, 6) is 4.51. The maximum atomic E-state index is 13.6. The molecule has 17 rings (SSSR count). The number of benzene rings is 12. The predicted molar refractivity (Wildman–Crippen MR) is 487 cm³/mol. The van der Waals surface area contributed by atoms with Crippen LogP contribution in [0.2, 0.25) is 20.1 Å². The highest BCUT2D eigenvalue weighted by atomic mass is 35.5. The summed E-state index contributed by atoms with van der Waals surface area (Å²) >= 11 is 23.5. The van der Waals surface area contributed by atoms with E-state index in [1.165, 1.54) is 53.7 Å². The van der Waals surface area contributed by atoms with Crippen LogP contribution in [0.3, 0.4) is 0 Å². The minimum Gasteiger partial charge on any atom is -0.457 e. The molecule has 0 aliphatic carbocycles. The lowest BCUT2D eigenvalue weighted by molar-refractivity contribution is -0.163. The molecule has 12 aromatic rings. The Morgan fingerprint density at radius 1 is 0.333 bits per heavy atom. The smallest absolute Gasteiger partial charge is 0.416 e. The molecule has 0 bridgehead atoms. The third kappa shape index (κ3) is 25.4. The van der Waals surface area contributed by atoms with Gasteiger partial charge in [0, 0.05) is 95.3 Å². The number of nitrogens with one attached hydrogen (secondary N) is 1. The highest BCUT2D eigenvalue weighted by molar-refractivity contribution is 6.31. The molecule has 8 amide bonds. The van der Waals surface area contributed by atoms with Crippen molar-refractivity contribution >= 4 is 93.3 Å². The van der Waals surface area contributed by atoms with E-state index in [4.69, 9.17) is 74.8 Å². The van der Waals surface area contributed by atoms with Crippen molar-refractivity contribution in [2.24, 2.45) is 0 Å². The number of halogens is 16. The highest BCUT2D eigenvalue weighted by Crippen LogP contribution is 2.45. The SMILES string of the molecule is O=C1N(CCO)CC(c2cccc(C(F)(F)F)c2)N1c1ccc(Oc2ccc(Cl)cc2)cc1.O=C1N(CCO)CC(c2cccc(C(F)(F)F)c2)N1c1ccc(Oc2ccc(Cl)cc2)cc1.O=C1N(CCOC2CCCCO2)CC(c2cccc(C(F)(F)F)c2)N1c1ccc(Oc2ccc(Cl)cc2)cc1.O=C1NCC(c2cccc(C(F)(F)F)c2)N1c1ccc(Oc2ccc(Cl)cc2)cc1. The molecule has 5 fully saturated rings. The van der Waals surface area contributed by atoms with E-state index in [1.54, 1.807) is 223 Å². The number of alkyl halides is 12. The normalized spacial score (nSPS) is 17.4. The van der Waals surface area contributed by atoms with E-state index < -0.39 is 83.2 Å². The predicted octanol–water partition coefficient (Wildman–Crippen LogP) is 26.4.